The predicted molar refractivity (Wildman–Crippen MR) is 83.7 cm³/mol. The number of likely N-dealkylation sites (N-methyl/N-ethyl adjacent to an activating group) is 1. The summed E-state index contributed by atoms with van der Waals surface area (Å²) in [5.74, 6) is 1.26. The Morgan fingerprint density at radius 2 is 2.00 bits per heavy atom. The zero-order chi connectivity index (χ0) is 15.8. The number of aliphatic hydroxyl groups excluding tert-OH is 1. The molecule has 2 N–H and O–H groups in total. The van der Waals surface area contributed by atoms with Gasteiger partial charge in [-0.25, -0.2) is 4.79 Å². The third-order valence-corrected chi connectivity index (χ3v) is 3.42. The summed E-state index contributed by atoms with van der Waals surface area (Å²) in [6.07, 6.45) is 0. The summed E-state index contributed by atoms with van der Waals surface area (Å²) in [5, 5.41) is 11.8. The topological polar surface area (TPSA) is 61.8 Å². The number of carbonyl (C=O) groups excluding carboxylic acids is 1. The van der Waals surface area contributed by atoms with Gasteiger partial charge in [-0.3, -0.25) is 0 Å². The van der Waals surface area contributed by atoms with E-state index in [-0.39, 0.29) is 18.7 Å². The molecule has 1 rings (SSSR count). The molecule has 0 saturated heterocycles. The summed E-state index contributed by atoms with van der Waals surface area (Å²) in [6, 6.07) is 7.52. The van der Waals surface area contributed by atoms with Gasteiger partial charge in [0.25, 0.3) is 0 Å². The molecule has 118 valence electrons. The smallest absolute Gasteiger partial charge is 0.317 e. The number of benzene rings is 1. The molecule has 0 heterocycles. The molecule has 0 saturated carbocycles. The molecule has 0 spiro atoms. The monoisotopic (exact) mass is 294 g/mol. The molecule has 1 aromatic rings. The molecule has 0 radical (unpaired) electrons. The van der Waals surface area contributed by atoms with Crippen LogP contribution in [0.2, 0.25) is 0 Å². The van der Waals surface area contributed by atoms with Crippen molar-refractivity contribution in [2.75, 3.05) is 26.8 Å². The third-order valence-electron chi connectivity index (χ3n) is 3.42. The molecule has 2 amide bonds. The van der Waals surface area contributed by atoms with Crippen molar-refractivity contribution in [3.05, 3.63) is 29.8 Å². The van der Waals surface area contributed by atoms with Gasteiger partial charge in [-0.2, -0.15) is 0 Å². The van der Waals surface area contributed by atoms with Crippen molar-refractivity contribution < 1.29 is 14.6 Å². The first-order chi connectivity index (χ1) is 9.97. The Labute approximate surface area is 126 Å². The van der Waals surface area contributed by atoms with Crippen LogP contribution in [0.5, 0.6) is 5.75 Å². The van der Waals surface area contributed by atoms with Gasteiger partial charge >= 0.3 is 6.03 Å². The lowest BCUT2D eigenvalue weighted by molar-refractivity contribution is 0.156. The highest BCUT2D eigenvalue weighted by atomic mass is 16.5. The van der Waals surface area contributed by atoms with Crippen LogP contribution >= 0.6 is 0 Å². The van der Waals surface area contributed by atoms with Crippen molar-refractivity contribution in [1.29, 1.82) is 0 Å². The van der Waals surface area contributed by atoms with Crippen LogP contribution in [0.15, 0.2) is 24.3 Å². The normalized spacial score (nSPS) is 12.1. The Hall–Kier alpha value is -1.75. The number of nitrogens with one attached hydrogen (secondary N) is 1. The van der Waals surface area contributed by atoms with Gasteiger partial charge in [-0.1, -0.05) is 32.0 Å². The number of rotatable bonds is 7. The van der Waals surface area contributed by atoms with Crippen LogP contribution in [0, 0.1) is 0 Å². The summed E-state index contributed by atoms with van der Waals surface area (Å²) in [7, 11) is 1.66. The fourth-order valence-corrected chi connectivity index (χ4v) is 1.86. The van der Waals surface area contributed by atoms with E-state index in [1.54, 1.807) is 14.0 Å². The van der Waals surface area contributed by atoms with Gasteiger partial charge in [0.15, 0.2) is 0 Å². The van der Waals surface area contributed by atoms with E-state index in [0.29, 0.717) is 19.1 Å². The average molecular weight is 294 g/mol. The second-order valence-electron chi connectivity index (χ2n) is 5.42. The van der Waals surface area contributed by atoms with Crippen molar-refractivity contribution in [3.63, 3.8) is 0 Å². The quantitative estimate of drug-likeness (QED) is 0.758. The molecule has 5 heteroatoms. The molecule has 0 aromatic heterocycles. The predicted octanol–water partition coefficient (Wildman–Crippen LogP) is 2.21. The first-order valence-electron chi connectivity index (χ1n) is 7.30. The molecule has 1 aromatic carbocycles. The minimum atomic E-state index is -0.211. The highest BCUT2D eigenvalue weighted by Gasteiger charge is 2.14. The Kier molecular flexibility index (Phi) is 7.02. The van der Waals surface area contributed by atoms with Crippen molar-refractivity contribution in [2.24, 2.45) is 0 Å². The Bertz CT molecular complexity index is 449. The zero-order valence-electron chi connectivity index (χ0n) is 13.3. The minimum Gasteiger partial charge on any atom is -0.491 e. The number of nitrogens with zero attached hydrogens (tertiary/aromatic N) is 1. The van der Waals surface area contributed by atoms with E-state index in [1.807, 2.05) is 18.2 Å². The third kappa shape index (κ3) is 5.27. The van der Waals surface area contributed by atoms with Gasteiger partial charge in [0.1, 0.15) is 12.4 Å². The Morgan fingerprint density at radius 1 is 1.33 bits per heavy atom. The fourth-order valence-electron chi connectivity index (χ4n) is 1.86. The van der Waals surface area contributed by atoms with Crippen molar-refractivity contribution in [2.45, 2.75) is 32.7 Å². The number of aliphatic hydroxyl groups is 1. The standard InChI is InChI=1S/C16H26N2O3/c1-12(2)14-7-5-6-8-15(14)21-10-9-17-16(20)18(4)13(3)11-19/h5-8,12-13,19H,9-11H2,1-4H3,(H,17,20). The number of hydrogen-bond acceptors (Lipinski definition) is 3. The van der Waals surface area contributed by atoms with Crippen LogP contribution in [0.1, 0.15) is 32.3 Å². The summed E-state index contributed by atoms with van der Waals surface area (Å²) >= 11 is 0. The van der Waals surface area contributed by atoms with E-state index in [4.69, 9.17) is 9.84 Å². The highest BCUT2D eigenvalue weighted by molar-refractivity contribution is 5.74. The van der Waals surface area contributed by atoms with Crippen molar-refractivity contribution >= 4 is 6.03 Å². The Balaban J connectivity index is 2.40. The second-order valence-corrected chi connectivity index (χ2v) is 5.42. The number of amides is 2. The maximum absolute atomic E-state index is 11.8. The summed E-state index contributed by atoms with van der Waals surface area (Å²) in [4.78, 5) is 13.3. The SMILES string of the molecule is CC(C)c1ccccc1OCCNC(=O)N(C)C(C)CO. The van der Waals surface area contributed by atoms with E-state index in [2.05, 4.69) is 25.2 Å². The summed E-state index contributed by atoms with van der Waals surface area (Å²) < 4.78 is 5.73. The second kappa shape index (κ2) is 8.52. The average Bonchev–Trinajstić information content (AvgIpc) is 2.49. The number of hydrogen-bond donors (Lipinski definition) is 2. The van der Waals surface area contributed by atoms with E-state index >= 15 is 0 Å². The van der Waals surface area contributed by atoms with Crippen LogP contribution in [-0.4, -0.2) is 48.9 Å². The van der Waals surface area contributed by atoms with E-state index < -0.39 is 0 Å². The lowest BCUT2D eigenvalue weighted by atomic mass is 10.0. The maximum atomic E-state index is 11.8. The molecule has 0 aliphatic heterocycles. The number of urea groups is 1. The molecule has 21 heavy (non-hydrogen) atoms. The summed E-state index contributed by atoms with van der Waals surface area (Å²) in [5.41, 5.74) is 1.16. The van der Waals surface area contributed by atoms with Crippen molar-refractivity contribution in [1.82, 2.24) is 10.2 Å². The largest absolute Gasteiger partial charge is 0.491 e. The van der Waals surface area contributed by atoms with Gasteiger partial charge in [-0.15, -0.1) is 0 Å². The number of para-hydroxylation sites is 1. The van der Waals surface area contributed by atoms with Crippen molar-refractivity contribution in [3.8, 4) is 5.75 Å². The van der Waals surface area contributed by atoms with Gasteiger partial charge in [0.05, 0.1) is 19.2 Å². The molecular weight excluding hydrogens is 268 g/mol. The first kappa shape index (κ1) is 17.3. The molecule has 5 nitrogen and oxygen atoms in total. The molecule has 1 atom stereocenters. The molecular formula is C16H26N2O3. The lowest BCUT2D eigenvalue weighted by Gasteiger charge is -2.23. The minimum absolute atomic E-state index is 0.0534. The van der Waals surface area contributed by atoms with Crippen LogP contribution < -0.4 is 10.1 Å². The highest BCUT2D eigenvalue weighted by Crippen LogP contribution is 2.25. The molecule has 0 bridgehead atoms. The van der Waals surface area contributed by atoms with E-state index in [1.165, 1.54) is 4.90 Å². The maximum Gasteiger partial charge on any atom is 0.317 e. The van der Waals surface area contributed by atoms with Crippen LogP contribution in [0.4, 0.5) is 4.79 Å². The van der Waals surface area contributed by atoms with Crippen LogP contribution in [-0.2, 0) is 0 Å². The fraction of sp³-hybridized carbons (Fsp3) is 0.562. The molecule has 1 unspecified atom stereocenters. The van der Waals surface area contributed by atoms with Gasteiger partial charge in [0.2, 0.25) is 0 Å². The first-order valence-corrected chi connectivity index (χ1v) is 7.30. The van der Waals surface area contributed by atoms with Gasteiger partial charge in [0, 0.05) is 7.05 Å². The van der Waals surface area contributed by atoms with E-state index in [0.717, 1.165) is 11.3 Å². The number of ether oxygens (including phenoxy) is 1. The molecule has 0 aliphatic carbocycles. The molecule has 0 aliphatic rings. The lowest BCUT2D eigenvalue weighted by Crippen LogP contribution is -2.44. The van der Waals surface area contributed by atoms with Crippen LogP contribution in [0.25, 0.3) is 0 Å². The Morgan fingerprint density at radius 3 is 2.62 bits per heavy atom. The van der Waals surface area contributed by atoms with E-state index in [9.17, 15) is 4.79 Å². The molecule has 0 fully saturated rings. The van der Waals surface area contributed by atoms with Gasteiger partial charge < -0.3 is 20.1 Å². The zero-order valence-corrected chi connectivity index (χ0v) is 13.3. The van der Waals surface area contributed by atoms with Crippen LogP contribution in [0.3, 0.4) is 0 Å². The number of carbonyl (C=O) groups is 1. The summed E-state index contributed by atoms with van der Waals surface area (Å²) in [6.45, 7) is 6.81. The van der Waals surface area contributed by atoms with Gasteiger partial charge in [-0.05, 0) is 24.5 Å².